The Bertz CT molecular complexity index is 964. The number of benzene rings is 1. The molecule has 3 aromatic rings. The van der Waals surface area contributed by atoms with Crippen LogP contribution >= 0.6 is 22.9 Å². The Morgan fingerprint density at radius 3 is 2.67 bits per heavy atom. The van der Waals surface area contributed by atoms with Gasteiger partial charge in [-0.05, 0) is 5.56 Å². The van der Waals surface area contributed by atoms with Gasteiger partial charge in [0.2, 0.25) is 19.1 Å². The molecular formula is C12H8ClN3O3S2. The molecule has 0 saturated carbocycles. The van der Waals surface area contributed by atoms with Gasteiger partial charge in [-0.15, -0.1) is 5.10 Å². The van der Waals surface area contributed by atoms with Gasteiger partial charge in [-0.1, -0.05) is 53.3 Å². The second kappa shape index (κ2) is 5.21. The molecule has 3 rings (SSSR count). The molecule has 2 aromatic heterocycles. The van der Waals surface area contributed by atoms with Crippen LogP contribution in [0.4, 0.5) is 0 Å². The first-order valence-corrected chi connectivity index (χ1v) is 8.63. The van der Waals surface area contributed by atoms with Crippen molar-refractivity contribution in [3.63, 3.8) is 0 Å². The van der Waals surface area contributed by atoms with Gasteiger partial charge in [-0.25, -0.2) is 13.4 Å². The number of sulfone groups is 1. The summed E-state index contributed by atoms with van der Waals surface area (Å²) in [6.45, 7) is 0. The fourth-order valence-electron chi connectivity index (χ4n) is 1.75. The van der Waals surface area contributed by atoms with E-state index in [1.807, 2.05) is 0 Å². The van der Waals surface area contributed by atoms with Crippen LogP contribution in [-0.2, 0) is 15.6 Å². The van der Waals surface area contributed by atoms with E-state index in [1.54, 1.807) is 30.3 Å². The highest BCUT2D eigenvalue weighted by Crippen LogP contribution is 2.21. The molecular weight excluding hydrogens is 334 g/mol. The van der Waals surface area contributed by atoms with Gasteiger partial charge in [0, 0.05) is 6.07 Å². The van der Waals surface area contributed by atoms with Crippen molar-refractivity contribution >= 4 is 37.7 Å². The minimum Gasteiger partial charge on any atom is -0.267 e. The fraction of sp³-hybridized carbons (Fsp3) is 0.0833. The molecule has 0 amide bonds. The third-order valence-electron chi connectivity index (χ3n) is 2.66. The van der Waals surface area contributed by atoms with Crippen molar-refractivity contribution in [3.8, 4) is 0 Å². The quantitative estimate of drug-likeness (QED) is 0.678. The molecule has 0 radical (unpaired) electrons. The molecule has 0 bridgehead atoms. The maximum atomic E-state index is 12.3. The summed E-state index contributed by atoms with van der Waals surface area (Å²) in [4.78, 5) is 15.7. The Kier molecular flexibility index (Phi) is 3.52. The summed E-state index contributed by atoms with van der Waals surface area (Å²) in [7, 11) is -3.64. The van der Waals surface area contributed by atoms with E-state index in [9.17, 15) is 13.2 Å². The van der Waals surface area contributed by atoms with Gasteiger partial charge in [-0.3, -0.25) is 4.79 Å². The molecule has 21 heavy (non-hydrogen) atoms. The zero-order valence-electron chi connectivity index (χ0n) is 10.4. The van der Waals surface area contributed by atoms with E-state index >= 15 is 0 Å². The average Bonchev–Trinajstić information content (AvgIpc) is 2.84. The van der Waals surface area contributed by atoms with Gasteiger partial charge in [0.15, 0.2) is 0 Å². The van der Waals surface area contributed by atoms with Gasteiger partial charge in [-0.2, -0.15) is 4.52 Å². The van der Waals surface area contributed by atoms with Crippen LogP contribution in [0.2, 0.25) is 5.15 Å². The van der Waals surface area contributed by atoms with E-state index in [-0.39, 0.29) is 20.2 Å². The zero-order valence-corrected chi connectivity index (χ0v) is 12.8. The molecule has 0 atom stereocenters. The smallest absolute Gasteiger partial charge is 0.267 e. The summed E-state index contributed by atoms with van der Waals surface area (Å²) < 4.78 is 25.5. The lowest BCUT2D eigenvalue weighted by Gasteiger charge is -1.99. The number of rotatable bonds is 3. The van der Waals surface area contributed by atoms with Gasteiger partial charge in [0.05, 0.1) is 5.75 Å². The number of nitrogens with zero attached hydrogens (tertiary/aromatic N) is 3. The lowest BCUT2D eigenvalue weighted by Crippen LogP contribution is -2.14. The SMILES string of the molecule is O=c1cc(Cl)nc2sc(S(=O)(=O)Cc3ccccc3)nn12. The Hall–Kier alpha value is -1.77. The Morgan fingerprint density at radius 1 is 1.24 bits per heavy atom. The second-order valence-corrected chi connectivity index (χ2v) is 7.73. The van der Waals surface area contributed by atoms with E-state index in [1.165, 1.54) is 0 Å². The van der Waals surface area contributed by atoms with Crippen molar-refractivity contribution < 1.29 is 8.42 Å². The monoisotopic (exact) mass is 341 g/mol. The maximum absolute atomic E-state index is 12.3. The molecule has 9 heteroatoms. The topological polar surface area (TPSA) is 81.4 Å². The van der Waals surface area contributed by atoms with Crippen molar-refractivity contribution in [2.75, 3.05) is 0 Å². The maximum Gasteiger partial charge on any atom is 0.276 e. The lowest BCUT2D eigenvalue weighted by molar-refractivity contribution is 0.592. The Labute approximate surface area is 128 Å². The number of hydrogen-bond donors (Lipinski definition) is 0. The third-order valence-corrected chi connectivity index (χ3v) is 5.90. The van der Waals surface area contributed by atoms with Crippen LogP contribution in [0, 0.1) is 0 Å². The number of halogens is 1. The highest BCUT2D eigenvalue weighted by molar-refractivity contribution is 7.92. The predicted octanol–water partition coefficient (Wildman–Crippen LogP) is 1.78. The minimum absolute atomic E-state index is 0.00987. The molecule has 0 aliphatic carbocycles. The van der Waals surface area contributed by atoms with Gasteiger partial charge >= 0.3 is 0 Å². The molecule has 0 aliphatic heterocycles. The lowest BCUT2D eigenvalue weighted by atomic mass is 10.2. The number of aromatic nitrogens is 3. The summed E-state index contributed by atoms with van der Waals surface area (Å²) in [5, 5.41) is 3.84. The molecule has 0 saturated heterocycles. The standard InChI is InChI=1S/C12H8ClN3O3S2/c13-9-6-10(17)16-11(14-9)20-12(15-16)21(18,19)7-8-4-2-1-3-5-8/h1-6H,7H2. The molecule has 2 heterocycles. The molecule has 0 aliphatic rings. The van der Waals surface area contributed by atoms with Crippen molar-refractivity contribution in [2.45, 2.75) is 10.1 Å². The number of fused-ring (bicyclic) bond motifs is 1. The minimum atomic E-state index is -3.64. The van der Waals surface area contributed by atoms with Crippen molar-refractivity contribution in [3.05, 3.63) is 57.5 Å². The summed E-state index contributed by atoms with van der Waals surface area (Å²) in [6, 6.07) is 9.84. The predicted molar refractivity (Wildman–Crippen MR) is 79.5 cm³/mol. The first-order chi connectivity index (χ1) is 9.95. The van der Waals surface area contributed by atoms with E-state index in [0.717, 1.165) is 21.9 Å². The Balaban J connectivity index is 2.07. The number of hydrogen-bond acceptors (Lipinski definition) is 6. The highest BCUT2D eigenvalue weighted by Gasteiger charge is 2.22. The second-order valence-electron chi connectivity index (χ2n) is 4.22. The third kappa shape index (κ3) is 2.82. The molecule has 1 aromatic carbocycles. The van der Waals surface area contributed by atoms with Crippen molar-refractivity contribution in [1.29, 1.82) is 0 Å². The van der Waals surface area contributed by atoms with Crippen LogP contribution in [0.15, 0.2) is 45.5 Å². The van der Waals surface area contributed by atoms with Crippen LogP contribution in [0.3, 0.4) is 0 Å². The van der Waals surface area contributed by atoms with Crippen LogP contribution in [0.1, 0.15) is 5.56 Å². The summed E-state index contributed by atoms with van der Waals surface area (Å²) in [5.41, 5.74) is 0.137. The van der Waals surface area contributed by atoms with E-state index < -0.39 is 15.4 Å². The molecule has 0 unspecified atom stereocenters. The molecule has 108 valence electrons. The summed E-state index contributed by atoms with van der Waals surface area (Å²) in [5.74, 6) is -0.184. The first-order valence-electron chi connectivity index (χ1n) is 5.79. The molecule has 0 N–H and O–H groups in total. The molecule has 6 nitrogen and oxygen atoms in total. The summed E-state index contributed by atoms with van der Waals surface area (Å²) >= 11 is 6.50. The fourth-order valence-corrected chi connectivity index (χ4v) is 4.48. The Morgan fingerprint density at radius 2 is 1.95 bits per heavy atom. The van der Waals surface area contributed by atoms with Crippen molar-refractivity contribution in [1.82, 2.24) is 14.6 Å². The van der Waals surface area contributed by atoms with E-state index in [2.05, 4.69) is 10.1 Å². The van der Waals surface area contributed by atoms with E-state index in [4.69, 9.17) is 11.6 Å². The highest BCUT2D eigenvalue weighted by atomic mass is 35.5. The van der Waals surface area contributed by atoms with Gasteiger partial charge in [0.25, 0.3) is 5.56 Å². The van der Waals surface area contributed by atoms with Crippen LogP contribution < -0.4 is 5.56 Å². The normalized spacial score (nSPS) is 11.9. The molecule has 0 fully saturated rings. The van der Waals surface area contributed by atoms with Crippen LogP contribution in [0.25, 0.3) is 4.96 Å². The zero-order chi connectivity index (χ0) is 15.0. The summed E-state index contributed by atoms with van der Waals surface area (Å²) in [6.07, 6.45) is 0. The van der Waals surface area contributed by atoms with Crippen LogP contribution in [0.5, 0.6) is 0 Å². The van der Waals surface area contributed by atoms with Crippen molar-refractivity contribution in [2.24, 2.45) is 0 Å². The first kappa shape index (κ1) is 14.2. The van der Waals surface area contributed by atoms with E-state index in [0.29, 0.717) is 5.56 Å². The van der Waals surface area contributed by atoms with Crippen LogP contribution in [-0.4, -0.2) is 23.0 Å². The van der Waals surface area contributed by atoms with Gasteiger partial charge < -0.3 is 0 Å². The molecule has 0 spiro atoms. The van der Waals surface area contributed by atoms with Gasteiger partial charge in [0.1, 0.15) is 5.15 Å². The average molecular weight is 342 g/mol. The largest absolute Gasteiger partial charge is 0.276 e.